The summed E-state index contributed by atoms with van der Waals surface area (Å²) in [7, 11) is 1.36. The van der Waals surface area contributed by atoms with Gasteiger partial charge >= 0.3 is 5.97 Å². The predicted octanol–water partition coefficient (Wildman–Crippen LogP) is 1.90. The second kappa shape index (κ2) is 5.26. The molecule has 0 amide bonds. The van der Waals surface area contributed by atoms with E-state index >= 15 is 0 Å². The summed E-state index contributed by atoms with van der Waals surface area (Å²) in [5.74, 6) is -0.456. The fourth-order valence-electron chi connectivity index (χ4n) is 2.52. The van der Waals surface area contributed by atoms with Gasteiger partial charge in [-0.3, -0.25) is 14.9 Å². The van der Waals surface area contributed by atoms with Gasteiger partial charge < -0.3 is 9.64 Å². The van der Waals surface area contributed by atoms with Gasteiger partial charge in [0.25, 0.3) is 5.69 Å². The van der Waals surface area contributed by atoms with Crippen molar-refractivity contribution in [3.8, 4) is 0 Å². The number of rotatable bonds is 3. The molecule has 6 heteroatoms. The van der Waals surface area contributed by atoms with Gasteiger partial charge in [0.1, 0.15) is 5.69 Å². The predicted molar refractivity (Wildman–Crippen MR) is 70.2 cm³/mol. The van der Waals surface area contributed by atoms with Gasteiger partial charge in [0.2, 0.25) is 0 Å². The maximum absolute atomic E-state index is 11.5. The molecule has 6 nitrogen and oxygen atoms in total. The Bertz CT molecular complexity index is 515. The number of hydrogen-bond acceptors (Lipinski definition) is 5. The summed E-state index contributed by atoms with van der Waals surface area (Å²) in [6, 6.07) is 5.01. The molecule has 0 aliphatic carbocycles. The van der Waals surface area contributed by atoms with Gasteiger partial charge in [-0.1, -0.05) is 12.1 Å². The first-order valence-corrected chi connectivity index (χ1v) is 6.11. The summed E-state index contributed by atoms with van der Waals surface area (Å²) in [6.07, 6.45) is 0.665. The Balaban J connectivity index is 2.29. The minimum absolute atomic E-state index is 0.0884. The number of nitro groups is 1. The summed E-state index contributed by atoms with van der Waals surface area (Å²) < 4.78 is 4.73. The van der Waals surface area contributed by atoms with Crippen molar-refractivity contribution in [2.24, 2.45) is 5.92 Å². The SMILES string of the molecule is COC(=O)C1CCN(c2c(C)cccc2[N+](=O)[O-])C1. The Hall–Kier alpha value is -2.11. The Morgan fingerprint density at radius 2 is 2.26 bits per heavy atom. The van der Waals surface area contributed by atoms with Crippen LogP contribution in [0.1, 0.15) is 12.0 Å². The molecule has 19 heavy (non-hydrogen) atoms. The molecule has 0 N–H and O–H groups in total. The van der Waals surface area contributed by atoms with Gasteiger partial charge in [-0.05, 0) is 18.9 Å². The minimum atomic E-state index is -0.381. The van der Waals surface area contributed by atoms with E-state index in [4.69, 9.17) is 4.74 Å². The van der Waals surface area contributed by atoms with Gasteiger partial charge in [0.05, 0.1) is 18.0 Å². The highest BCUT2D eigenvalue weighted by Crippen LogP contribution is 2.35. The van der Waals surface area contributed by atoms with Crippen LogP contribution in [0.5, 0.6) is 0 Å². The number of ether oxygens (including phenoxy) is 1. The number of anilines is 1. The first-order valence-electron chi connectivity index (χ1n) is 6.11. The zero-order valence-corrected chi connectivity index (χ0v) is 11.0. The molecule has 1 aliphatic rings. The van der Waals surface area contributed by atoms with Gasteiger partial charge in [-0.2, -0.15) is 0 Å². The van der Waals surface area contributed by atoms with Crippen LogP contribution in [0, 0.1) is 23.0 Å². The molecule has 1 saturated heterocycles. The normalized spacial score (nSPS) is 18.4. The van der Waals surface area contributed by atoms with E-state index < -0.39 is 0 Å². The zero-order valence-electron chi connectivity index (χ0n) is 11.0. The second-order valence-electron chi connectivity index (χ2n) is 4.65. The van der Waals surface area contributed by atoms with E-state index in [1.165, 1.54) is 13.2 Å². The third-order valence-corrected chi connectivity index (χ3v) is 3.45. The van der Waals surface area contributed by atoms with Crippen molar-refractivity contribution in [3.05, 3.63) is 33.9 Å². The first kappa shape index (κ1) is 13.3. The van der Waals surface area contributed by atoms with Crippen molar-refractivity contribution >= 4 is 17.3 Å². The van der Waals surface area contributed by atoms with Crippen LogP contribution in [-0.4, -0.2) is 31.1 Å². The van der Waals surface area contributed by atoms with Crippen molar-refractivity contribution in [1.82, 2.24) is 0 Å². The largest absolute Gasteiger partial charge is 0.469 e. The molecule has 0 aromatic heterocycles. The molecule has 1 unspecified atom stereocenters. The quantitative estimate of drug-likeness (QED) is 0.473. The van der Waals surface area contributed by atoms with E-state index in [2.05, 4.69) is 0 Å². The third kappa shape index (κ3) is 2.52. The van der Waals surface area contributed by atoms with Gasteiger partial charge in [-0.15, -0.1) is 0 Å². The Labute approximate surface area is 111 Å². The first-order chi connectivity index (χ1) is 9.04. The molecule has 1 fully saturated rings. The number of benzene rings is 1. The maximum atomic E-state index is 11.5. The number of esters is 1. The number of aryl methyl sites for hydroxylation is 1. The lowest BCUT2D eigenvalue weighted by Crippen LogP contribution is -2.24. The molecule has 0 saturated carbocycles. The average molecular weight is 264 g/mol. The van der Waals surface area contributed by atoms with Gasteiger partial charge in [-0.25, -0.2) is 0 Å². The van der Waals surface area contributed by atoms with E-state index in [-0.39, 0.29) is 22.5 Å². The fourth-order valence-corrected chi connectivity index (χ4v) is 2.52. The number of nitro benzene ring substituents is 1. The zero-order chi connectivity index (χ0) is 14.0. The smallest absolute Gasteiger partial charge is 0.310 e. The van der Waals surface area contributed by atoms with Crippen LogP contribution in [0.25, 0.3) is 0 Å². The number of carbonyl (C=O) groups is 1. The van der Waals surface area contributed by atoms with E-state index in [1.54, 1.807) is 6.07 Å². The van der Waals surface area contributed by atoms with E-state index in [0.29, 0.717) is 25.2 Å². The molecule has 1 aromatic rings. The van der Waals surface area contributed by atoms with Crippen molar-refractivity contribution < 1.29 is 14.5 Å². The summed E-state index contributed by atoms with van der Waals surface area (Å²) in [5, 5.41) is 11.1. The second-order valence-corrected chi connectivity index (χ2v) is 4.65. The van der Waals surface area contributed by atoms with Gasteiger partial charge in [0, 0.05) is 19.2 Å². The van der Waals surface area contributed by atoms with Crippen LogP contribution in [-0.2, 0) is 9.53 Å². The molecule has 1 aliphatic heterocycles. The van der Waals surface area contributed by atoms with Gasteiger partial charge in [0.15, 0.2) is 0 Å². The monoisotopic (exact) mass is 264 g/mol. The lowest BCUT2D eigenvalue weighted by molar-refractivity contribution is -0.384. The summed E-state index contributed by atoms with van der Waals surface area (Å²) in [6.45, 7) is 2.94. The van der Waals surface area contributed by atoms with E-state index in [9.17, 15) is 14.9 Å². The highest BCUT2D eigenvalue weighted by atomic mass is 16.6. The molecular weight excluding hydrogens is 248 g/mol. The molecule has 1 heterocycles. The highest BCUT2D eigenvalue weighted by Gasteiger charge is 2.32. The van der Waals surface area contributed by atoms with E-state index in [0.717, 1.165) is 5.56 Å². The highest BCUT2D eigenvalue weighted by molar-refractivity contribution is 5.76. The van der Waals surface area contributed by atoms with Crippen LogP contribution < -0.4 is 4.90 Å². The van der Waals surface area contributed by atoms with Crippen LogP contribution in [0.15, 0.2) is 18.2 Å². The fraction of sp³-hybridized carbons (Fsp3) is 0.462. The Morgan fingerprint density at radius 1 is 1.53 bits per heavy atom. The third-order valence-electron chi connectivity index (χ3n) is 3.45. The number of carbonyl (C=O) groups excluding carboxylic acids is 1. The topological polar surface area (TPSA) is 72.7 Å². The number of para-hydroxylation sites is 1. The number of methoxy groups -OCH3 is 1. The van der Waals surface area contributed by atoms with Crippen molar-refractivity contribution in [3.63, 3.8) is 0 Å². The van der Waals surface area contributed by atoms with Crippen LogP contribution in [0.4, 0.5) is 11.4 Å². The molecule has 0 bridgehead atoms. The average Bonchev–Trinajstić information content (AvgIpc) is 2.86. The van der Waals surface area contributed by atoms with Crippen molar-refractivity contribution in [2.75, 3.05) is 25.1 Å². The molecule has 0 radical (unpaired) electrons. The van der Waals surface area contributed by atoms with Crippen LogP contribution >= 0.6 is 0 Å². The van der Waals surface area contributed by atoms with E-state index in [1.807, 2.05) is 17.9 Å². The minimum Gasteiger partial charge on any atom is -0.469 e. The number of nitrogens with zero attached hydrogens (tertiary/aromatic N) is 2. The van der Waals surface area contributed by atoms with Crippen molar-refractivity contribution in [1.29, 1.82) is 0 Å². The summed E-state index contributed by atoms with van der Waals surface area (Å²) >= 11 is 0. The molecule has 1 aromatic carbocycles. The molecule has 1 atom stereocenters. The Kier molecular flexibility index (Phi) is 3.69. The lowest BCUT2D eigenvalue weighted by Gasteiger charge is -2.20. The summed E-state index contributed by atoms with van der Waals surface area (Å²) in [5.41, 5.74) is 1.55. The Morgan fingerprint density at radius 3 is 2.89 bits per heavy atom. The molecular formula is C13H16N2O4. The van der Waals surface area contributed by atoms with Crippen molar-refractivity contribution in [2.45, 2.75) is 13.3 Å². The number of hydrogen-bond donors (Lipinski definition) is 0. The molecule has 0 spiro atoms. The molecule has 102 valence electrons. The standard InChI is InChI=1S/C13H16N2O4/c1-9-4-3-5-11(15(17)18)12(9)14-7-6-10(8-14)13(16)19-2/h3-5,10H,6-8H2,1-2H3. The lowest BCUT2D eigenvalue weighted by atomic mass is 10.1. The van der Waals surface area contributed by atoms with Crippen LogP contribution in [0.2, 0.25) is 0 Å². The summed E-state index contributed by atoms with van der Waals surface area (Å²) in [4.78, 5) is 24.1. The molecule has 2 rings (SSSR count). The van der Waals surface area contributed by atoms with Crippen LogP contribution in [0.3, 0.4) is 0 Å². The maximum Gasteiger partial charge on any atom is 0.310 e.